The van der Waals surface area contributed by atoms with Crippen molar-refractivity contribution in [2.45, 2.75) is 18.7 Å². The van der Waals surface area contributed by atoms with Crippen LogP contribution in [0.25, 0.3) is 5.69 Å². The number of para-hydroxylation sites is 2. The lowest BCUT2D eigenvalue weighted by molar-refractivity contribution is -0.113. The topological polar surface area (TPSA) is 81.9 Å². The van der Waals surface area contributed by atoms with Crippen molar-refractivity contribution in [2.24, 2.45) is 0 Å². The number of carbonyl (C=O) groups is 1. The van der Waals surface area contributed by atoms with Gasteiger partial charge in [-0.2, -0.15) is 0 Å². The van der Waals surface area contributed by atoms with Gasteiger partial charge in [-0.05, 0) is 42.8 Å². The Hall–Kier alpha value is -3.65. The summed E-state index contributed by atoms with van der Waals surface area (Å²) >= 11 is 1.32. The van der Waals surface area contributed by atoms with Crippen LogP contribution in [0.4, 0.5) is 5.69 Å². The Balaban J connectivity index is 1.51. The molecule has 8 heteroatoms. The van der Waals surface area contributed by atoms with Gasteiger partial charge in [0.2, 0.25) is 5.91 Å². The van der Waals surface area contributed by atoms with E-state index in [1.165, 1.54) is 11.8 Å². The number of amides is 1. The fourth-order valence-electron chi connectivity index (χ4n) is 2.95. The van der Waals surface area contributed by atoms with E-state index in [0.29, 0.717) is 16.7 Å². The van der Waals surface area contributed by atoms with Crippen molar-refractivity contribution >= 4 is 23.4 Å². The minimum Gasteiger partial charge on any atom is -0.485 e. The first-order valence-corrected chi connectivity index (χ1v) is 10.7. The lowest BCUT2D eigenvalue weighted by Crippen LogP contribution is -2.14. The van der Waals surface area contributed by atoms with Gasteiger partial charge in [0, 0.05) is 23.8 Å². The second kappa shape index (κ2) is 9.90. The van der Waals surface area contributed by atoms with Gasteiger partial charge >= 0.3 is 0 Å². The molecule has 0 saturated heterocycles. The molecule has 2 aromatic carbocycles. The molecule has 0 aliphatic rings. The highest BCUT2D eigenvalue weighted by Gasteiger charge is 2.17. The summed E-state index contributed by atoms with van der Waals surface area (Å²) in [4.78, 5) is 16.3. The lowest BCUT2D eigenvalue weighted by atomic mass is 10.2. The molecule has 1 N–H and O–H groups in total. The SMILES string of the molecule is Cc1ccccc1OCc1nnc(SCC(=O)Nc2ccncc2)n1-c1ccccc1. The summed E-state index contributed by atoms with van der Waals surface area (Å²) in [6.45, 7) is 2.26. The molecule has 0 radical (unpaired) electrons. The molecule has 2 aromatic heterocycles. The van der Waals surface area contributed by atoms with Gasteiger partial charge in [0.25, 0.3) is 0 Å². The molecule has 7 nitrogen and oxygen atoms in total. The third-order valence-electron chi connectivity index (χ3n) is 4.46. The van der Waals surface area contributed by atoms with Crippen LogP contribution in [0, 0.1) is 6.92 Å². The van der Waals surface area contributed by atoms with Crippen molar-refractivity contribution in [1.82, 2.24) is 19.7 Å². The van der Waals surface area contributed by atoms with Crippen LogP contribution in [0.15, 0.2) is 84.3 Å². The maximum absolute atomic E-state index is 12.4. The van der Waals surface area contributed by atoms with Gasteiger partial charge in [0.1, 0.15) is 12.4 Å². The Morgan fingerprint density at radius 1 is 1.00 bits per heavy atom. The quantitative estimate of drug-likeness (QED) is 0.419. The first kappa shape index (κ1) is 20.6. The summed E-state index contributed by atoms with van der Waals surface area (Å²) in [5, 5.41) is 12.1. The molecular weight excluding hydrogens is 410 g/mol. The molecule has 2 heterocycles. The summed E-state index contributed by atoms with van der Waals surface area (Å²) in [5.74, 6) is 1.53. The van der Waals surface area contributed by atoms with Gasteiger partial charge in [-0.3, -0.25) is 14.3 Å². The normalized spacial score (nSPS) is 10.6. The van der Waals surface area contributed by atoms with Crippen LogP contribution in [0.3, 0.4) is 0 Å². The van der Waals surface area contributed by atoms with Crippen molar-refractivity contribution in [3.63, 3.8) is 0 Å². The molecule has 0 bridgehead atoms. The third-order valence-corrected chi connectivity index (χ3v) is 5.39. The molecule has 4 rings (SSSR count). The Morgan fingerprint density at radius 3 is 2.52 bits per heavy atom. The molecule has 0 aliphatic heterocycles. The number of nitrogens with zero attached hydrogens (tertiary/aromatic N) is 4. The van der Waals surface area contributed by atoms with Gasteiger partial charge in [-0.25, -0.2) is 0 Å². The lowest BCUT2D eigenvalue weighted by Gasteiger charge is -2.12. The molecule has 0 unspecified atom stereocenters. The van der Waals surface area contributed by atoms with Gasteiger partial charge < -0.3 is 10.1 Å². The monoisotopic (exact) mass is 431 g/mol. The second-order valence-corrected chi connectivity index (χ2v) is 7.64. The maximum Gasteiger partial charge on any atom is 0.234 e. The largest absolute Gasteiger partial charge is 0.485 e. The number of aromatic nitrogens is 4. The highest BCUT2D eigenvalue weighted by Crippen LogP contribution is 2.24. The summed E-state index contributed by atoms with van der Waals surface area (Å²) in [6, 6.07) is 21.1. The van der Waals surface area contributed by atoms with Crippen LogP contribution in [-0.4, -0.2) is 31.4 Å². The van der Waals surface area contributed by atoms with E-state index in [1.807, 2.05) is 66.1 Å². The van der Waals surface area contributed by atoms with Gasteiger partial charge in [-0.15, -0.1) is 10.2 Å². The smallest absolute Gasteiger partial charge is 0.234 e. The van der Waals surface area contributed by atoms with E-state index >= 15 is 0 Å². The third kappa shape index (κ3) is 5.29. The summed E-state index contributed by atoms with van der Waals surface area (Å²) in [6.07, 6.45) is 3.27. The zero-order valence-corrected chi connectivity index (χ0v) is 17.7. The fraction of sp³-hybridized carbons (Fsp3) is 0.130. The minimum atomic E-state index is -0.128. The molecule has 4 aromatic rings. The molecule has 156 valence electrons. The van der Waals surface area contributed by atoms with E-state index in [9.17, 15) is 4.79 Å². The molecule has 1 amide bonds. The number of benzene rings is 2. The number of ether oxygens (including phenoxy) is 1. The van der Waals surface area contributed by atoms with Gasteiger partial charge in [0.05, 0.1) is 5.75 Å². The molecular formula is C23H21N5O2S. The van der Waals surface area contributed by atoms with Crippen LogP contribution in [0.2, 0.25) is 0 Å². The van der Waals surface area contributed by atoms with Crippen molar-refractivity contribution in [3.05, 3.63) is 90.5 Å². The molecule has 0 fully saturated rings. The second-order valence-electron chi connectivity index (χ2n) is 6.70. The number of pyridine rings is 1. The molecule has 31 heavy (non-hydrogen) atoms. The first-order valence-electron chi connectivity index (χ1n) is 9.71. The van der Waals surface area contributed by atoms with E-state index in [1.54, 1.807) is 24.5 Å². The van der Waals surface area contributed by atoms with E-state index in [2.05, 4.69) is 20.5 Å². The number of aryl methyl sites for hydroxylation is 1. The van der Waals surface area contributed by atoms with E-state index < -0.39 is 0 Å². The Morgan fingerprint density at radius 2 is 1.74 bits per heavy atom. The average Bonchev–Trinajstić information content (AvgIpc) is 3.21. The van der Waals surface area contributed by atoms with Gasteiger partial charge in [-0.1, -0.05) is 48.2 Å². The highest BCUT2D eigenvalue weighted by molar-refractivity contribution is 7.99. The predicted molar refractivity (Wildman–Crippen MR) is 120 cm³/mol. The highest BCUT2D eigenvalue weighted by atomic mass is 32.2. The van der Waals surface area contributed by atoms with Crippen molar-refractivity contribution < 1.29 is 9.53 Å². The van der Waals surface area contributed by atoms with Gasteiger partial charge in [0.15, 0.2) is 11.0 Å². The van der Waals surface area contributed by atoms with Crippen LogP contribution >= 0.6 is 11.8 Å². The van der Waals surface area contributed by atoms with E-state index in [4.69, 9.17) is 4.74 Å². The predicted octanol–water partition coefficient (Wildman–Crippen LogP) is 4.28. The molecule has 0 atom stereocenters. The van der Waals surface area contributed by atoms with Crippen molar-refractivity contribution in [3.8, 4) is 11.4 Å². The van der Waals surface area contributed by atoms with Crippen LogP contribution in [-0.2, 0) is 11.4 Å². The van der Waals surface area contributed by atoms with E-state index in [0.717, 1.165) is 17.0 Å². The summed E-state index contributed by atoms with van der Waals surface area (Å²) < 4.78 is 7.90. The summed E-state index contributed by atoms with van der Waals surface area (Å²) in [7, 11) is 0. The molecule has 0 aliphatic carbocycles. The maximum atomic E-state index is 12.4. The van der Waals surface area contributed by atoms with Crippen molar-refractivity contribution in [1.29, 1.82) is 0 Å². The van der Waals surface area contributed by atoms with Crippen molar-refractivity contribution in [2.75, 3.05) is 11.1 Å². The first-order chi connectivity index (χ1) is 15.2. The number of rotatable bonds is 8. The van der Waals surface area contributed by atoms with Crippen LogP contribution in [0.5, 0.6) is 5.75 Å². The standard InChI is InChI=1S/C23H21N5O2S/c1-17-7-5-6-10-20(17)30-15-21-26-27-23(28(21)19-8-3-2-4-9-19)31-16-22(29)25-18-11-13-24-14-12-18/h2-14H,15-16H2,1H3,(H,24,25,29). The number of nitrogens with one attached hydrogen (secondary N) is 1. The van der Waals surface area contributed by atoms with Crippen LogP contribution in [0.1, 0.15) is 11.4 Å². The molecule has 0 saturated carbocycles. The number of hydrogen-bond acceptors (Lipinski definition) is 6. The zero-order chi connectivity index (χ0) is 21.5. The fourth-order valence-corrected chi connectivity index (χ4v) is 3.72. The number of anilines is 1. The van der Waals surface area contributed by atoms with E-state index in [-0.39, 0.29) is 18.3 Å². The zero-order valence-electron chi connectivity index (χ0n) is 16.9. The van der Waals surface area contributed by atoms with Crippen LogP contribution < -0.4 is 10.1 Å². The average molecular weight is 432 g/mol. The minimum absolute atomic E-state index is 0.128. The summed E-state index contributed by atoms with van der Waals surface area (Å²) in [5.41, 5.74) is 2.67. The Kier molecular flexibility index (Phi) is 6.59. The number of carbonyl (C=O) groups excluding carboxylic acids is 1. The Bertz CT molecular complexity index is 1150. The molecule has 0 spiro atoms. The number of thioether (sulfide) groups is 1. The Labute approximate surface area is 184 Å². The number of hydrogen-bond donors (Lipinski definition) is 1.